The summed E-state index contributed by atoms with van der Waals surface area (Å²) in [6.45, 7) is 7.70. The van der Waals surface area contributed by atoms with Crippen LogP contribution in [-0.2, 0) is 11.3 Å². The van der Waals surface area contributed by atoms with Crippen LogP contribution in [0.1, 0.15) is 31.6 Å². The highest BCUT2D eigenvalue weighted by molar-refractivity contribution is 5.77. The molecule has 0 aromatic carbocycles. The van der Waals surface area contributed by atoms with Gasteiger partial charge >= 0.3 is 0 Å². The Labute approximate surface area is 124 Å². The Bertz CT molecular complexity index is 477. The van der Waals surface area contributed by atoms with E-state index in [1.165, 1.54) is 12.8 Å². The minimum absolute atomic E-state index is 0.114. The van der Waals surface area contributed by atoms with Crippen molar-refractivity contribution in [2.75, 3.05) is 39.3 Å². The molecule has 1 amide bonds. The Hall–Kier alpha value is -1.54. The van der Waals surface area contributed by atoms with E-state index >= 15 is 0 Å². The fraction of sp³-hybridized carbons (Fsp3) is 0.846. The Balaban J connectivity index is 1.45. The second-order valence-electron chi connectivity index (χ2n) is 5.78. The van der Waals surface area contributed by atoms with E-state index in [1.54, 1.807) is 0 Å². The second kappa shape index (κ2) is 6.48. The van der Waals surface area contributed by atoms with Crippen molar-refractivity contribution in [2.24, 2.45) is 0 Å². The average molecular weight is 293 g/mol. The van der Waals surface area contributed by atoms with Crippen molar-refractivity contribution < 1.29 is 4.79 Å². The van der Waals surface area contributed by atoms with Crippen molar-refractivity contribution in [3.05, 3.63) is 5.82 Å². The number of hydrogen-bond acceptors (Lipinski definition) is 6. The number of aromatic nitrogens is 4. The summed E-state index contributed by atoms with van der Waals surface area (Å²) >= 11 is 0. The summed E-state index contributed by atoms with van der Waals surface area (Å²) in [4.78, 5) is 16.1. The van der Waals surface area contributed by atoms with E-state index in [0.29, 0.717) is 19.1 Å². The van der Waals surface area contributed by atoms with Crippen molar-refractivity contribution >= 4 is 5.91 Å². The Morgan fingerprint density at radius 1 is 1.24 bits per heavy atom. The number of piperazine rings is 1. The largest absolute Gasteiger partial charge is 0.355 e. The standard InChI is InChI=1S/C13H23N7O/c1-2-14-13(21)10-19-7-5-18(6-8-19)9-12-15-16-17-20(12)11-3-4-11/h11H,2-10H2,1H3,(H,14,21). The van der Waals surface area contributed by atoms with Crippen LogP contribution in [0.4, 0.5) is 0 Å². The fourth-order valence-electron chi connectivity index (χ4n) is 2.68. The summed E-state index contributed by atoms with van der Waals surface area (Å²) < 4.78 is 1.97. The van der Waals surface area contributed by atoms with Crippen LogP contribution in [0.2, 0.25) is 0 Å². The molecule has 1 aromatic heterocycles. The lowest BCUT2D eigenvalue weighted by Crippen LogP contribution is -2.49. The molecule has 116 valence electrons. The van der Waals surface area contributed by atoms with Crippen LogP contribution >= 0.6 is 0 Å². The van der Waals surface area contributed by atoms with Gasteiger partial charge in [-0.3, -0.25) is 14.6 Å². The lowest BCUT2D eigenvalue weighted by atomic mass is 10.3. The molecular weight excluding hydrogens is 270 g/mol. The molecule has 0 bridgehead atoms. The Kier molecular flexibility index (Phi) is 4.45. The molecule has 0 unspecified atom stereocenters. The van der Waals surface area contributed by atoms with Gasteiger partial charge in [-0.25, -0.2) is 4.68 Å². The molecule has 1 aromatic rings. The minimum atomic E-state index is 0.114. The highest BCUT2D eigenvalue weighted by atomic mass is 16.2. The van der Waals surface area contributed by atoms with Gasteiger partial charge in [0.15, 0.2) is 5.82 Å². The number of tetrazole rings is 1. The monoisotopic (exact) mass is 293 g/mol. The maximum Gasteiger partial charge on any atom is 0.234 e. The number of hydrogen-bond donors (Lipinski definition) is 1. The first-order valence-corrected chi connectivity index (χ1v) is 7.74. The number of carbonyl (C=O) groups is 1. The third kappa shape index (κ3) is 3.76. The summed E-state index contributed by atoms with van der Waals surface area (Å²) in [6.07, 6.45) is 2.39. The molecule has 1 N–H and O–H groups in total. The zero-order valence-corrected chi connectivity index (χ0v) is 12.5. The molecule has 2 aliphatic rings. The average Bonchev–Trinajstić information content (AvgIpc) is 3.22. The first-order valence-electron chi connectivity index (χ1n) is 7.74. The maximum atomic E-state index is 11.6. The molecule has 2 fully saturated rings. The van der Waals surface area contributed by atoms with Gasteiger partial charge in [-0.1, -0.05) is 0 Å². The molecule has 1 saturated carbocycles. The van der Waals surface area contributed by atoms with Crippen LogP contribution < -0.4 is 5.32 Å². The number of nitrogens with zero attached hydrogens (tertiary/aromatic N) is 6. The Morgan fingerprint density at radius 3 is 2.62 bits per heavy atom. The number of rotatable bonds is 6. The third-order valence-electron chi connectivity index (χ3n) is 4.02. The van der Waals surface area contributed by atoms with Crippen molar-refractivity contribution in [1.82, 2.24) is 35.3 Å². The summed E-state index contributed by atoms with van der Waals surface area (Å²) in [5.74, 6) is 1.08. The van der Waals surface area contributed by atoms with Crippen LogP contribution in [0, 0.1) is 0 Å². The van der Waals surface area contributed by atoms with Crippen LogP contribution in [0.15, 0.2) is 0 Å². The summed E-state index contributed by atoms with van der Waals surface area (Å²) in [5.41, 5.74) is 0. The predicted octanol–water partition coefficient (Wildman–Crippen LogP) is -0.738. The molecule has 0 atom stereocenters. The normalized spacial score (nSPS) is 20.6. The van der Waals surface area contributed by atoms with Crippen LogP contribution in [-0.4, -0.2) is 75.2 Å². The highest BCUT2D eigenvalue weighted by Crippen LogP contribution is 2.34. The first kappa shape index (κ1) is 14.4. The van der Waals surface area contributed by atoms with Gasteiger partial charge in [0.25, 0.3) is 0 Å². The van der Waals surface area contributed by atoms with E-state index in [2.05, 4.69) is 30.6 Å². The molecule has 1 aliphatic heterocycles. The van der Waals surface area contributed by atoms with Gasteiger partial charge < -0.3 is 5.32 Å². The number of carbonyl (C=O) groups excluding carboxylic acids is 1. The zero-order chi connectivity index (χ0) is 14.7. The summed E-state index contributed by atoms with van der Waals surface area (Å²) in [7, 11) is 0. The lowest BCUT2D eigenvalue weighted by molar-refractivity contribution is -0.122. The number of likely N-dealkylation sites (N-methyl/N-ethyl adjacent to an activating group) is 1. The van der Waals surface area contributed by atoms with Crippen LogP contribution in [0.5, 0.6) is 0 Å². The van der Waals surface area contributed by atoms with Crippen LogP contribution in [0.25, 0.3) is 0 Å². The fourth-order valence-corrected chi connectivity index (χ4v) is 2.68. The van der Waals surface area contributed by atoms with Gasteiger partial charge in [0.1, 0.15) is 0 Å². The van der Waals surface area contributed by atoms with Gasteiger partial charge in [-0.2, -0.15) is 0 Å². The van der Waals surface area contributed by atoms with Crippen molar-refractivity contribution in [3.63, 3.8) is 0 Å². The molecule has 0 spiro atoms. The van der Waals surface area contributed by atoms with Crippen LogP contribution in [0.3, 0.4) is 0 Å². The summed E-state index contributed by atoms with van der Waals surface area (Å²) in [6, 6.07) is 0.522. The molecule has 2 heterocycles. The second-order valence-corrected chi connectivity index (χ2v) is 5.78. The topological polar surface area (TPSA) is 79.2 Å². The Morgan fingerprint density at radius 2 is 1.95 bits per heavy atom. The molecule has 1 aliphatic carbocycles. The SMILES string of the molecule is CCNC(=O)CN1CCN(Cc2nnnn2C2CC2)CC1. The third-order valence-corrected chi connectivity index (χ3v) is 4.02. The summed E-state index contributed by atoms with van der Waals surface area (Å²) in [5, 5.41) is 14.9. The van der Waals surface area contributed by atoms with Gasteiger partial charge in [0.2, 0.25) is 5.91 Å². The van der Waals surface area contributed by atoms with E-state index in [1.807, 2.05) is 11.6 Å². The van der Waals surface area contributed by atoms with Gasteiger partial charge in [0, 0.05) is 32.7 Å². The molecule has 3 rings (SSSR count). The van der Waals surface area contributed by atoms with Crippen molar-refractivity contribution in [1.29, 1.82) is 0 Å². The smallest absolute Gasteiger partial charge is 0.234 e. The van der Waals surface area contributed by atoms with Gasteiger partial charge in [-0.05, 0) is 30.2 Å². The quantitative estimate of drug-likeness (QED) is 0.744. The van der Waals surface area contributed by atoms with Crippen molar-refractivity contribution in [2.45, 2.75) is 32.4 Å². The molecule has 0 radical (unpaired) electrons. The number of amides is 1. The van der Waals surface area contributed by atoms with Crippen molar-refractivity contribution in [3.8, 4) is 0 Å². The van der Waals surface area contributed by atoms with E-state index in [9.17, 15) is 4.79 Å². The maximum absolute atomic E-state index is 11.6. The lowest BCUT2D eigenvalue weighted by Gasteiger charge is -2.33. The molecular formula is C13H23N7O. The van der Waals surface area contributed by atoms with E-state index < -0.39 is 0 Å². The van der Waals surface area contributed by atoms with E-state index in [4.69, 9.17) is 0 Å². The van der Waals surface area contributed by atoms with E-state index in [-0.39, 0.29) is 5.91 Å². The van der Waals surface area contributed by atoms with Gasteiger partial charge in [-0.15, -0.1) is 5.10 Å². The van der Waals surface area contributed by atoms with Gasteiger partial charge in [0.05, 0.1) is 19.1 Å². The predicted molar refractivity (Wildman–Crippen MR) is 76.5 cm³/mol. The molecule has 8 nitrogen and oxygen atoms in total. The zero-order valence-electron chi connectivity index (χ0n) is 12.5. The highest BCUT2D eigenvalue weighted by Gasteiger charge is 2.29. The molecule has 8 heteroatoms. The first-order chi connectivity index (χ1) is 10.3. The minimum Gasteiger partial charge on any atom is -0.355 e. The number of nitrogens with one attached hydrogen (secondary N) is 1. The molecule has 1 saturated heterocycles. The molecule has 21 heavy (non-hydrogen) atoms. The van der Waals surface area contributed by atoms with E-state index in [0.717, 1.165) is 38.5 Å².